The molecule has 0 aliphatic heterocycles. The van der Waals surface area contributed by atoms with Gasteiger partial charge in [0.05, 0.1) is 0 Å². The molecule has 1 aromatic rings. The number of benzene rings is 1. The fourth-order valence-electron chi connectivity index (χ4n) is 0.453. The molecular weight excluding hydrogens is 218 g/mol. The van der Waals surface area contributed by atoms with Crippen LogP contribution in [0, 0.1) is 0 Å². The van der Waals surface area contributed by atoms with Crippen LogP contribution >= 0.6 is 24.8 Å². The van der Waals surface area contributed by atoms with Crippen molar-refractivity contribution in [2.75, 3.05) is 0 Å². The Hall–Kier alpha value is 0.358. The molecule has 0 fully saturated rings. The van der Waals surface area contributed by atoms with Gasteiger partial charge in [-0.3, -0.25) is 0 Å². The van der Waals surface area contributed by atoms with E-state index in [2.05, 4.69) is 24.3 Å². The maximum atomic E-state index is 2.11. The molecule has 0 heterocycles. The van der Waals surface area contributed by atoms with Gasteiger partial charge in [0.1, 0.15) is 0 Å². The normalized spacial score (nSPS) is 6.78. The van der Waals surface area contributed by atoms with Crippen LogP contribution < -0.4 is 4.35 Å². The molecule has 1 unspecified atom stereocenters. The third kappa shape index (κ3) is 4.84. The maximum absolute atomic E-state index is 2.11. The first kappa shape index (κ1) is 12.1. The van der Waals surface area contributed by atoms with Crippen LogP contribution in [0.3, 0.4) is 0 Å². The third-order valence-corrected chi connectivity index (χ3v) is 1.61. The first-order valence-electron chi connectivity index (χ1n) is 2.20. The van der Waals surface area contributed by atoms with Gasteiger partial charge in [-0.05, 0) is 0 Å². The van der Waals surface area contributed by atoms with Gasteiger partial charge in [-0.1, -0.05) is 0 Å². The standard InChI is InChI=1S/C6H7As.2ClH/c7-6-4-2-1-3-5-6;;/h1-5H,7H2;2*1H. The summed E-state index contributed by atoms with van der Waals surface area (Å²) in [7, 11) is 0. The van der Waals surface area contributed by atoms with E-state index in [9.17, 15) is 0 Å². The van der Waals surface area contributed by atoms with Crippen molar-refractivity contribution < 1.29 is 0 Å². The Balaban J connectivity index is 0. The Morgan fingerprint density at radius 3 is 1.56 bits per heavy atom. The Morgan fingerprint density at radius 2 is 1.33 bits per heavy atom. The van der Waals surface area contributed by atoms with Gasteiger partial charge >= 0.3 is 51.5 Å². The van der Waals surface area contributed by atoms with Crippen LogP contribution in [0.2, 0.25) is 0 Å². The second-order valence-corrected chi connectivity index (χ2v) is 2.81. The van der Waals surface area contributed by atoms with Crippen molar-refractivity contribution in [3.63, 3.8) is 0 Å². The molecule has 52 valence electrons. The van der Waals surface area contributed by atoms with Crippen molar-refractivity contribution >= 4 is 46.0 Å². The first-order chi connectivity index (χ1) is 3.39. The second-order valence-electron chi connectivity index (χ2n) is 1.41. The van der Waals surface area contributed by atoms with Crippen LogP contribution in [0.4, 0.5) is 0 Å². The summed E-state index contributed by atoms with van der Waals surface area (Å²) >= 11 is 1.67. The Morgan fingerprint density at radius 1 is 0.889 bits per heavy atom. The molecule has 0 spiro atoms. The topological polar surface area (TPSA) is 0 Å². The van der Waals surface area contributed by atoms with Crippen molar-refractivity contribution in [2.24, 2.45) is 0 Å². The minimum absolute atomic E-state index is 0. The molecule has 0 nitrogen and oxygen atoms in total. The van der Waals surface area contributed by atoms with Gasteiger partial charge in [-0.25, -0.2) is 0 Å². The molecule has 1 rings (SSSR count). The molecule has 0 saturated carbocycles. The SMILES string of the molecule is Cl.Cl.[AsH2]c1ccccc1. The van der Waals surface area contributed by atoms with E-state index in [1.54, 1.807) is 16.9 Å². The summed E-state index contributed by atoms with van der Waals surface area (Å²) < 4.78 is 1.38. The van der Waals surface area contributed by atoms with Gasteiger partial charge < -0.3 is 0 Å². The molecule has 1 aromatic carbocycles. The van der Waals surface area contributed by atoms with Crippen LogP contribution in [0.25, 0.3) is 0 Å². The van der Waals surface area contributed by atoms with Crippen LogP contribution in [-0.4, -0.2) is 16.9 Å². The second kappa shape index (κ2) is 6.48. The van der Waals surface area contributed by atoms with E-state index >= 15 is 0 Å². The van der Waals surface area contributed by atoms with Crippen LogP contribution in [0.1, 0.15) is 0 Å². The van der Waals surface area contributed by atoms with Crippen molar-refractivity contribution in [3.8, 4) is 0 Å². The monoisotopic (exact) mass is 226 g/mol. The summed E-state index contributed by atoms with van der Waals surface area (Å²) in [6.45, 7) is 0. The number of rotatable bonds is 0. The first-order valence-corrected chi connectivity index (χ1v) is 3.41. The molecule has 3 heteroatoms. The summed E-state index contributed by atoms with van der Waals surface area (Å²) in [6, 6.07) is 10.4. The van der Waals surface area contributed by atoms with Gasteiger partial charge in [-0.2, -0.15) is 0 Å². The van der Waals surface area contributed by atoms with E-state index in [1.807, 2.05) is 6.07 Å². The predicted molar refractivity (Wildman–Crippen MR) is 49.1 cm³/mol. The molecule has 0 amide bonds. The zero-order chi connectivity index (χ0) is 5.11. The Kier molecular flexibility index (Phi) is 8.69. The van der Waals surface area contributed by atoms with E-state index in [0.717, 1.165) is 0 Å². The molecule has 9 heavy (non-hydrogen) atoms. The number of hydrogen-bond donors (Lipinski definition) is 0. The molecule has 1 atom stereocenters. The quantitative estimate of drug-likeness (QED) is 0.574. The van der Waals surface area contributed by atoms with Crippen LogP contribution in [-0.2, 0) is 0 Å². The Bertz CT molecular complexity index is 141. The van der Waals surface area contributed by atoms with Gasteiger partial charge in [0.2, 0.25) is 0 Å². The number of hydrogen-bond acceptors (Lipinski definition) is 0. The molecular formula is C6H9AsCl2. The van der Waals surface area contributed by atoms with Crippen molar-refractivity contribution in [1.82, 2.24) is 0 Å². The minimum atomic E-state index is 0. The average molecular weight is 227 g/mol. The molecule has 0 bridgehead atoms. The third-order valence-electron chi connectivity index (χ3n) is 0.800. The van der Waals surface area contributed by atoms with Crippen molar-refractivity contribution in [1.29, 1.82) is 0 Å². The van der Waals surface area contributed by atoms with Gasteiger partial charge in [0.15, 0.2) is 0 Å². The van der Waals surface area contributed by atoms with E-state index in [4.69, 9.17) is 0 Å². The van der Waals surface area contributed by atoms with Gasteiger partial charge in [-0.15, -0.1) is 24.8 Å². The Labute approximate surface area is 76.4 Å². The van der Waals surface area contributed by atoms with Crippen LogP contribution in [0.15, 0.2) is 30.3 Å². The summed E-state index contributed by atoms with van der Waals surface area (Å²) in [4.78, 5) is 0. The molecule has 0 radical (unpaired) electrons. The summed E-state index contributed by atoms with van der Waals surface area (Å²) in [6.07, 6.45) is 0. The van der Waals surface area contributed by atoms with E-state index in [-0.39, 0.29) is 24.8 Å². The molecule has 0 N–H and O–H groups in total. The van der Waals surface area contributed by atoms with E-state index in [0.29, 0.717) is 0 Å². The van der Waals surface area contributed by atoms with E-state index < -0.39 is 0 Å². The summed E-state index contributed by atoms with van der Waals surface area (Å²) in [5.74, 6) is 0. The fourth-order valence-corrected chi connectivity index (χ4v) is 0.919. The predicted octanol–water partition coefficient (Wildman–Crippen LogP) is 0.789. The van der Waals surface area contributed by atoms with Crippen molar-refractivity contribution in [3.05, 3.63) is 30.3 Å². The summed E-state index contributed by atoms with van der Waals surface area (Å²) in [5, 5.41) is 0. The summed E-state index contributed by atoms with van der Waals surface area (Å²) in [5.41, 5.74) is 0. The zero-order valence-electron chi connectivity index (χ0n) is 4.78. The van der Waals surface area contributed by atoms with Gasteiger partial charge in [0.25, 0.3) is 0 Å². The number of halogens is 2. The van der Waals surface area contributed by atoms with Crippen molar-refractivity contribution in [2.45, 2.75) is 0 Å². The van der Waals surface area contributed by atoms with E-state index in [1.165, 1.54) is 4.35 Å². The average Bonchev–Trinajstić information content (AvgIpc) is 1.69. The fraction of sp³-hybridized carbons (Fsp3) is 0. The van der Waals surface area contributed by atoms with Crippen LogP contribution in [0.5, 0.6) is 0 Å². The molecule has 0 saturated heterocycles. The molecule has 0 aliphatic rings. The molecule has 0 aliphatic carbocycles. The molecule has 0 aromatic heterocycles. The van der Waals surface area contributed by atoms with Gasteiger partial charge in [0, 0.05) is 0 Å². The zero-order valence-corrected chi connectivity index (χ0v) is 8.84.